The topological polar surface area (TPSA) is 158 Å². The number of aromatic hydroxyl groups is 1. The van der Waals surface area contributed by atoms with Crippen molar-refractivity contribution in [1.29, 1.82) is 0 Å². The van der Waals surface area contributed by atoms with Crippen LogP contribution in [0, 0.1) is 23.7 Å². The summed E-state index contributed by atoms with van der Waals surface area (Å²) >= 11 is 0. The van der Waals surface area contributed by atoms with Crippen molar-refractivity contribution in [3.05, 3.63) is 22.8 Å². The maximum Gasteiger partial charge on any atom is 0.235 e. The van der Waals surface area contributed by atoms with E-state index in [2.05, 4.69) is 0 Å². The number of Topliss-reactive ketones (excluding diaryl/α,β-unsaturated/α-hetero) is 4. The van der Waals surface area contributed by atoms with Gasteiger partial charge in [-0.1, -0.05) is 0 Å². The quantitative estimate of drug-likeness (QED) is 0.490. The molecule has 3 aliphatic rings. The van der Waals surface area contributed by atoms with Crippen molar-refractivity contribution in [2.24, 2.45) is 29.4 Å². The number of phenols is 1. The summed E-state index contributed by atoms with van der Waals surface area (Å²) in [7, 11) is 7.26. The third kappa shape index (κ3) is 3.27. The Morgan fingerprint density at radius 2 is 1.76 bits per heavy atom. The van der Waals surface area contributed by atoms with Crippen LogP contribution in [0.1, 0.15) is 34.3 Å². The van der Waals surface area contributed by atoms with E-state index in [-0.39, 0.29) is 30.6 Å². The molecule has 0 radical (unpaired) electrons. The Hall–Kier alpha value is -3.11. The number of hydrogen-bond acceptors (Lipinski definition) is 9. The molecule has 0 aliphatic heterocycles. The van der Waals surface area contributed by atoms with Gasteiger partial charge in [0, 0.05) is 44.2 Å². The van der Waals surface area contributed by atoms with E-state index in [1.54, 1.807) is 0 Å². The second-order valence-electron chi connectivity index (χ2n) is 10.1. The number of nitrogens with two attached hydrogens (primary N) is 1. The first-order chi connectivity index (χ1) is 15.8. The fourth-order valence-corrected chi connectivity index (χ4v) is 5.93. The summed E-state index contributed by atoms with van der Waals surface area (Å²) in [5, 5.41) is 22.3. The normalized spacial score (nSPS) is 30.6. The van der Waals surface area contributed by atoms with Gasteiger partial charge in [-0.05, 0) is 44.5 Å². The van der Waals surface area contributed by atoms with Crippen molar-refractivity contribution >= 4 is 34.7 Å². The summed E-state index contributed by atoms with van der Waals surface area (Å²) in [6, 6.07) is 1.81. The first-order valence-electron chi connectivity index (χ1n) is 11.2. The molecular weight excluding hydrogens is 442 g/mol. The van der Waals surface area contributed by atoms with Crippen molar-refractivity contribution in [3.8, 4) is 5.75 Å². The van der Waals surface area contributed by atoms with Gasteiger partial charge in [-0.3, -0.25) is 24.0 Å². The molecule has 5 atom stereocenters. The third-order valence-corrected chi connectivity index (χ3v) is 7.43. The van der Waals surface area contributed by atoms with Crippen LogP contribution in [0.2, 0.25) is 0 Å². The Bertz CT molecular complexity index is 1140. The fraction of sp³-hybridized carbons (Fsp3) is 0.542. The molecule has 2 saturated carbocycles. The standard InChI is InChI=1S/C24H29N3O7/c1-26(2)9-11-7-14(27(3)4)13-6-10-5-12-8-15(28)18(23(25)33)22(32)24(12,34)21(31)16(10)20(30)17(13)19(11)29/h7,10,12,16,18,29,34H,5-6,8-9H2,1-4H3,(H2,25,33)/t10-,12+,16?,18?,24+/m1/s1. The monoisotopic (exact) mass is 471 g/mol. The molecule has 4 rings (SSSR count). The van der Waals surface area contributed by atoms with Gasteiger partial charge in [-0.25, -0.2) is 0 Å². The lowest BCUT2D eigenvalue weighted by Crippen LogP contribution is -2.68. The minimum atomic E-state index is -2.64. The number of hydrogen-bond donors (Lipinski definition) is 3. The van der Waals surface area contributed by atoms with E-state index >= 15 is 0 Å². The van der Waals surface area contributed by atoms with E-state index < -0.39 is 58.3 Å². The van der Waals surface area contributed by atoms with Crippen LogP contribution in [0.15, 0.2) is 6.07 Å². The molecule has 2 fully saturated rings. The zero-order valence-corrected chi connectivity index (χ0v) is 19.6. The zero-order chi connectivity index (χ0) is 25.3. The van der Waals surface area contributed by atoms with Crippen LogP contribution in [0.3, 0.4) is 0 Å². The molecule has 0 aromatic heterocycles. The third-order valence-electron chi connectivity index (χ3n) is 7.43. The highest BCUT2D eigenvalue weighted by Crippen LogP contribution is 2.51. The Morgan fingerprint density at radius 3 is 2.32 bits per heavy atom. The van der Waals surface area contributed by atoms with Crippen molar-refractivity contribution < 1.29 is 34.2 Å². The summed E-state index contributed by atoms with van der Waals surface area (Å²) in [5.41, 5.74) is 4.42. The number of fused-ring (bicyclic) bond motifs is 3. The summed E-state index contributed by atoms with van der Waals surface area (Å²) in [6.45, 7) is 0.349. The Morgan fingerprint density at radius 1 is 1.12 bits per heavy atom. The Balaban J connectivity index is 1.85. The van der Waals surface area contributed by atoms with Crippen LogP contribution in [-0.4, -0.2) is 77.9 Å². The first kappa shape index (κ1) is 24.0. The molecule has 182 valence electrons. The number of benzene rings is 1. The molecule has 3 aliphatic carbocycles. The van der Waals surface area contributed by atoms with Gasteiger partial charge in [-0.2, -0.15) is 0 Å². The number of aliphatic hydroxyl groups is 1. The van der Waals surface area contributed by atoms with Gasteiger partial charge in [0.25, 0.3) is 0 Å². The largest absolute Gasteiger partial charge is 0.507 e. The van der Waals surface area contributed by atoms with Crippen LogP contribution in [0.4, 0.5) is 5.69 Å². The average Bonchev–Trinajstić information content (AvgIpc) is 2.71. The van der Waals surface area contributed by atoms with Crippen molar-refractivity contribution in [2.75, 3.05) is 33.1 Å². The second kappa shape index (κ2) is 7.99. The molecular formula is C24H29N3O7. The number of carbonyl (C=O) groups is 5. The zero-order valence-electron chi connectivity index (χ0n) is 19.6. The average molecular weight is 472 g/mol. The number of rotatable bonds is 4. The lowest BCUT2D eigenvalue weighted by atomic mass is 9.53. The number of carbonyl (C=O) groups excluding carboxylic acids is 5. The maximum absolute atomic E-state index is 13.7. The first-order valence-corrected chi connectivity index (χ1v) is 11.2. The van der Waals surface area contributed by atoms with Crippen molar-refractivity contribution in [1.82, 2.24) is 4.90 Å². The molecule has 34 heavy (non-hydrogen) atoms. The SMILES string of the molecule is CN(C)Cc1cc(N(C)C)c2c(c1O)C(=O)C1C(=O)[C@]3(O)C(=O)C(C(N)=O)C(=O)C[C@@H]3C[C@@H]1C2. The molecule has 0 spiro atoms. The van der Waals surface area contributed by atoms with Crippen LogP contribution < -0.4 is 10.6 Å². The van der Waals surface area contributed by atoms with E-state index in [0.717, 1.165) is 5.69 Å². The minimum Gasteiger partial charge on any atom is -0.507 e. The molecule has 10 heteroatoms. The van der Waals surface area contributed by atoms with Crippen molar-refractivity contribution in [3.63, 3.8) is 0 Å². The highest BCUT2D eigenvalue weighted by molar-refractivity contribution is 6.31. The van der Waals surface area contributed by atoms with Gasteiger partial charge >= 0.3 is 0 Å². The van der Waals surface area contributed by atoms with E-state index in [9.17, 15) is 34.2 Å². The number of ketones is 4. The predicted molar refractivity (Wildman–Crippen MR) is 120 cm³/mol. The molecule has 2 unspecified atom stereocenters. The molecule has 1 aromatic rings. The summed E-state index contributed by atoms with van der Waals surface area (Å²) in [6.07, 6.45) is -0.0114. The smallest absolute Gasteiger partial charge is 0.235 e. The Kier molecular flexibility index (Phi) is 5.64. The van der Waals surface area contributed by atoms with Gasteiger partial charge in [0.05, 0.1) is 11.5 Å². The Labute approximate surface area is 196 Å². The van der Waals surface area contributed by atoms with Gasteiger partial charge in [0.2, 0.25) is 5.91 Å². The highest BCUT2D eigenvalue weighted by Gasteiger charge is 2.66. The van der Waals surface area contributed by atoms with Gasteiger partial charge in [-0.15, -0.1) is 0 Å². The number of phenolic OH excluding ortho intramolecular Hbond substituents is 1. The van der Waals surface area contributed by atoms with Crippen molar-refractivity contribution in [2.45, 2.75) is 31.4 Å². The van der Waals surface area contributed by atoms with E-state index in [1.165, 1.54) is 0 Å². The lowest BCUT2D eigenvalue weighted by Gasteiger charge is -2.48. The van der Waals surface area contributed by atoms with E-state index in [0.29, 0.717) is 17.7 Å². The summed E-state index contributed by atoms with van der Waals surface area (Å²) in [4.78, 5) is 68.1. The molecule has 0 saturated heterocycles. The summed E-state index contributed by atoms with van der Waals surface area (Å²) in [5.74, 6) is -9.95. The molecule has 0 bridgehead atoms. The fourth-order valence-electron chi connectivity index (χ4n) is 5.93. The molecule has 1 aromatic carbocycles. The number of amides is 1. The van der Waals surface area contributed by atoms with Crippen LogP contribution in [0.25, 0.3) is 0 Å². The molecule has 0 heterocycles. The molecule has 4 N–H and O–H groups in total. The summed E-state index contributed by atoms with van der Waals surface area (Å²) < 4.78 is 0. The van der Waals surface area contributed by atoms with Gasteiger partial charge in [0.15, 0.2) is 34.7 Å². The van der Waals surface area contributed by atoms with Crippen LogP contribution in [0.5, 0.6) is 5.75 Å². The van der Waals surface area contributed by atoms with Crippen LogP contribution >= 0.6 is 0 Å². The lowest BCUT2D eigenvalue weighted by molar-refractivity contribution is -0.175. The van der Waals surface area contributed by atoms with Crippen LogP contribution in [-0.2, 0) is 32.1 Å². The second-order valence-corrected chi connectivity index (χ2v) is 10.1. The number of nitrogens with zero attached hydrogens (tertiary/aromatic N) is 2. The van der Waals surface area contributed by atoms with E-state index in [4.69, 9.17) is 5.73 Å². The highest BCUT2D eigenvalue weighted by atomic mass is 16.3. The molecule has 1 amide bonds. The minimum absolute atomic E-state index is 0.0190. The van der Waals surface area contributed by atoms with E-state index in [1.807, 2.05) is 44.1 Å². The maximum atomic E-state index is 13.7. The number of anilines is 1. The molecule has 10 nitrogen and oxygen atoms in total. The predicted octanol–water partition coefficient (Wildman–Crippen LogP) is -0.545. The number of primary amides is 1. The van der Waals surface area contributed by atoms with Gasteiger partial charge < -0.3 is 25.7 Å². The van der Waals surface area contributed by atoms with Gasteiger partial charge in [0.1, 0.15) is 5.75 Å².